The van der Waals surface area contributed by atoms with E-state index in [1.807, 2.05) is 25.7 Å². The van der Waals surface area contributed by atoms with Gasteiger partial charge in [0.05, 0.1) is 0 Å². The molecule has 0 aromatic carbocycles. The Morgan fingerprint density at radius 1 is 1.24 bits per heavy atom. The zero-order valence-electron chi connectivity index (χ0n) is 14.0. The molecule has 2 aliphatic rings. The first-order valence-electron chi connectivity index (χ1n) is 8.29. The van der Waals surface area contributed by atoms with Gasteiger partial charge in [-0.1, -0.05) is 0 Å². The van der Waals surface area contributed by atoms with Gasteiger partial charge in [0, 0.05) is 45.3 Å². The highest BCUT2D eigenvalue weighted by atomic mass is 16.6. The first-order valence-corrected chi connectivity index (χ1v) is 8.29. The second-order valence-electron chi connectivity index (χ2n) is 7.39. The minimum Gasteiger partial charge on any atom is -0.444 e. The maximum Gasteiger partial charge on any atom is 0.410 e. The Labute approximate surface area is 129 Å². The summed E-state index contributed by atoms with van der Waals surface area (Å²) in [5, 5.41) is 3.61. The summed E-state index contributed by atoms with van der Waals surface area (Å²) in [5.41, 5.74) is -0.406. The van der Waals surface area contributed by atoms with Crippen molar-refractivity contribution in [2.75, 3.05) is 39.3 Å². The molecule has 2 rings (SSSR count). The van der Waals surface area contributed by atoms with Crippen molar-refractivity contribution in [3.8, 4) is 0 Å². The summed E-state index contributed by atoms with van der Waals surface area (Å²) < 4.78 is 5.41. The Balaban J connectivity index is 1.60. The maximum atomic E-state index is 12.0. The number of carbonyl (C=O) groups is 1. The van der Waals surface area contributed by atoms with E-state index in [-0.39, 0.29) is 6.09 Å². The number of hydrogen-bond donors (Lipinski definition) is 1. The maximum absolute atomic E-state index is 12.0. The van der Waals surface area contributed by atoms with Gasteiger partial charge >= 0.3 is 6.09 Å². The molecule has 1 saturated heterocycles. The molecule has 0 radical (unpaired) electrons. The van der Waals surface area contributed by atoms with Crippen LogP contribution in [0.2, 0.25) is 0 Å². The van der Waals surface area contributed by atoms with Gasteiger partial charge in [-0.25, -0.2) is 4.79 Å². The summed E-state index contributed by atoms with van der Waals surface area (Å²) in [6, 6.07) is 0.660. The highest BCUT2D eigenvalue weighted by Gasteiger charge is 2.28. The molecule has 1 saturated carbocycles. The Bertz CT molecular complexity index is 342. The number of ether oxygens (including phenoxy) is 1. The predicted octanol–water partition coefficient (Wildman–Crippen LogP) is 1.93. The number of nitrogens with one attached hydrogen (secondary N) is 1. The third-order valence-electron chi connectivity index (χ3n) is 4.25. The van der Waals surface area contributed by atoms with Gasteiger partial charge < -0.3 is 15.0 Å². The number of hydrogen-bond acceptors (Lipinski definition) is 4. The molecule has 1 amide bonds. The molecule has 0 spiro atoms. The van der Waals surface area contributed by atoms with Crippen molar-refractivity contribution in [2.24, 2.45) is 5.92 Å². The van der Waals surface area contributed by atoms with Crippen molar-refractivity contribution in [1.29, 1.82) is 0 Å². The molecule has 1 atom stereocenters. The van der Waals surface area contributed by atoms with E-state index in [0.29, 0.717) is 6.04 Å². The van der Waals surface area contributed by atoms with Gasteiger partial charge in [-0.05, 0) is 46.5 Å². The van der Waals surface area contributed by atoms with Crippen LogP contribution >= 0.6 is 0 Å². The molecule has 1 aliphatic heterocycles. The average molecular weight is 297 g/mol. The van der Waals surface area contributed by atoms with E-state index in [1.54, 1.807) is 0 Å². The summed E-state index contributed by atoms with van der Waals surface area (Å²) in [5.74, 6) is 0.911. The number of rotatable bonds is 5. The van der Waals surface area contributed by atoms with Crippen LogP contribution in [-0.2, 0) is 4.74 Å². The number of piperazine rings is 1. The molecule has 0 aromatic rings. The van der Waals surface area contributed by atoms with Crippen LogP contribution in [0.3, 0.4) is 0 Å². The van der Waals surface area contributed by atoms with Crippen LogP contribution < -0.4 is 5.32 Å². The fourth-order valence-electron chi connectivity index (χ4n) is 2.69. The zero-order chi connectivity index (χ0) is 15.5. The SMILES string of the molecule is CC(NCCN1CCN(C(=O)OC(C)(C)C)CC1)C1CC1. The Morgan fingerprint density at radius 2 is 1.86 bits per heavy atom. The van der Waals surface area contributed by atoms with Crippen molar-refractivity contribution < 1.29 is 9.53 Å². The third-order valence-corrected chi connectivity index (χ3v) is 4.25. The fraction of sp³-hybridized carbons (Fsp3) is 0.938. The summed E-state index contributed by atoms with van der Waals surface area (Å²) in [6.07, 6.45) is 2.61. The molecule has 1 unspecified atom stereocenters. The Kier molecular flexibility index (Phi) is 5.49. The molecule has 21 heavy (non-hydrogen) atoms. The molecule has 1 aliphatic carbocycles. The highest BCUT2D eigenvalue weighted by Crippen LogP contribution is 2.32. The summed E-state index contributed by atoms with van der Waals surface area (Å²) >= 11 is 0. The Morgan fingerprint density at radius 3 is 2.38 bits per heavy atom. The van der Waals surface area contributed by atoms with Gasteiger partial charge in [0.25, 0.3) is 0 Å². The summed E-state index contributed by atoms with van der Waals surface area (Å²) in [6.45, 7) is 13.6. The second kappa shape index (κ2) is 6.97. The number of amides is 1. The predicted molar refractivity (Wildman–Crippen MR) is 84.4 cm³/mol. The lowest BCUT2D eigenvalue weighted by molar-refractivity contribution is 0.0146. The molecule has 0 bridgehead atoms. The normalized spacial score (nSPS) is 22.2. The number of carbonyl (C=O) groups excluding carboxylic acids is 1. The first-order chi connectivity index (χ1) is 9.85. The molecule has 0 aromatic heterocycles. The van der Waals surface area contributed by atoms with E-state index in [0.717, 1.165) is 45.2 Å². The molecular formula is C16H31N3O2. The smallest absolute Gasteiger partial charge is 0.410 e. The van der Waals surface area contributed by atoms with Crippen LogP contribution in [0.25, 0.3) is 0 Å². The van der Waals surface area contributed by atoms with Crippen LogP contribution in [0.1, 0.15) is 40.5 Å². The van der Waals surface area contributed by atoms with Gasteiger partial charge in [-0.15, -0.1) is 0 Å². The van der Waals surface area contributed by atoms with Crippen molar-refractivity contribution in [3.63, 3.8) is 0 Å². The van der Waals surface area contributed by atoms with E-state index < -0.39 is 5.60 Å². The molecule has 1 heterocycles. The van der Waals surface area contributed by atoms with Crippen LogP contribution in [0.5, 0.6) is 0 Å². The monoisotopic (exact) mass is 297 g/mol. The first kappa shape index (κ1) is 16.6. The third kappa shape index (κ3) is 5.83. The van der Waals surface area contributed by atoms with Gasteiger partial charge in [-0.2, -0.15) is 0 Å². The lowest BCUT2D eigenvalue weighted by Gasteiger charge is -2.35. The van der Waals surface area contributed by atoms with Gasteiger partial charge in [0.2, 0.25) is 0 Å². The highest BCUT2D eigenvalue weighted by molar-refractivity contribution is 5.68. The van der Waals surface area contributed by atoms with Crippen molar-refractivity contribution in [2.45, 2.75) is 52.2 Å². The molecule has 122 valence electrons. The summed E-state index contributed by atoms with van der Waals surface area (Å²) in [7, 11) is 0. The largest absolute Gasteiger partial charge is 0.444 e. The van der Waals surface area contributed by atoms with E-state index in [2.05, 4.69) is 17.1 Å². The molecule has 5 heteroatoms. The lowest BCUT2D eigenvalue weighted by atomic mass is 10.2. The molecular weight excluding hydrogens is 266 g/mol. The lowest BCUT2D eigenvalue weighted by Crippen LogP contribution is -2.51. The van der Waals surface area contributed by atoms with Crippen LogP contribution in [0, 0.1) is 5.92 Å². The van der Waals surface area contributed by atoms with Crippen molar-refractivity contribution in [3.05, 3.63) is 0 Å². The van der Waals surface area contributed by atoms with Gasteiger partial charge in [-0.3, -0.25) is 4.90 Å². The average Bonchev–Trinajstić information content (AvgIpc) is 3.21. The van der Waals surface area contributed by atoms with E-state index in [1.165, 1.54) is 12.8 Å². The summed E-state index contributed by atoms with van der Waals surface area (Å²) in [4.78, 5) is 16.2. The van der Waals surface area contributed by atoms with Crippen LogP contribution in [0.4, 0.5) is 4.79 Å². The quantitative estimate of drug-likeness (QED) is 0.842. The minimum atomic E-state index is -0.406. The minimum absolute atomic E-state index is 0.178. The molecule has 1 N–H and O–H groups in total. The van der Waals surface area contributed by atoms with E-state index in [4.69, 9.17) is 4.74 Å². The standard InChI is InChI=1S/C16H31N3O2/c1-13(14-5-6-14)17-7-8-18-9-11-19(12-10-18)15(20)21-16(2,3)4/h13-14,17H,5-12H2,1-4H3. The van der Waals surface area contributed by atoms with Crippen LogP contribution in [-0.4, -0.2) is 66.8 Å². The van der Waals surface area contributed by atoms with E-state index in [9.17, 15) is 4.79 Å². The molecule has 2 fully saturated rings. The van der Waals surface area contributed by atoms with Crippen LogP contribution in [0.15, 0.2) is 0 Å². The second-order valence-corrected chi connectivity index (χ2v) is 7.39. The zero-order valence-corrected chi connectivity index (χ0v) is 14.0. The van der Waals surface area contributed by atoms with Gasteiger partial charge in [0.15, 0.2) is 0 Å². The van der Waals surface area contributed by atoms with Crippen molar-refractivity contribution >= 4 is 6.09 Å². The van der Waals surface area contributed by atoms with E-state index >= 15 is 0 Å². The Hall–Kier alpha value is -0.810. The fourth-order valence-corrected chi connectivity index (χ4v) is 2.69. The molecule has 5 nitrogen and oxygen atoms in total. The topological polar surface area (TPSA) is 44.8 Å². The van der Waals surface area contributed by atoms with Crippen molar-refractivity contribution in [1.82, 2.24) is 15.1 Å². The number of nitrogens with zero attached hydrogens (tertiary/aromatic N) is 2. The van der Waals surface area contributed by atoms with Gasteiger partial charge in [0.1, 0.15) is 5.60 Å².